The van der Waals surface area contributed by atoms with Gasteiger partial charge in [0.15, 0.2) is 0 Å². The first-order chi connectivity index (χ1) is 16.4. The van der Waals surface area contributed by atoms with Gasteiger partial charge in [0.2, 0.25) is 0 Å². The number of rotatable bonds is 2. The van der Waals surface area contributed by atoms with E-state index < -0.39 is 0 Å². The van der Waals surface area contributed by atoms with E-state index in [0.29, 0.717) is 22.5 Å². The summed E-state index contributed by atoms with van der Waals surface area (Å²) >= 11 is 0. The molecular weight excluding hydrogens is 420 g/mol. The van der Waals surface area contributed by atoms with Crippen LogP contribution in [-0.2, 0) is 0 Å². The third kappa shape index (κ3) is 3.30. The summed E-state index contributed by atoms with van der Waals surface area (Å²) in [6, 6.07) is 26.6. The molecule has 0 N–H and O–H groups in total. The SMILES string of the molecule is Cc1cccc(N2C(=O)c3ccccc3N(c3cccc(C)c3C)C(=O)c3ccccc32)c1C. The second-order valence-corrected chi connectivity index (χ2v) is 8.75. The Bertz CT molecular complexity index is 1340. The third-order valence-electron chi connectivity index (χ3n) is 6.79. The zero-order chi connectivity index (χ0) is 24.0. The molecule has 2 amide bonds. The average molecular weight is 447 g/mol. The monoisotopic (exact) mass is 446 g/mol. The highest BCUT2D eigenvalue weighted by Gasteiger charge is 2.35. The van der Waals surface area contributed by atoms with Crippen LogP contribution in [0.2, 0.25) is 0 Å². The molecule has 4 aromatic rings. The van der Waals surface area contributed by atoms with Crippen molar-refractivity contribution in [2.45, 2.75) is 27.7 Å². The Balaban J connectivity index is 1.85. The molecule has 0 aromatic heterocycles. The summed E-state index contributed by atoms with van der Waals surface area (Å²) in [6.07, 6.45) is 0. The van der Waals surface area contributed by atoms with Crippen molar-refractivity contribution in [1.82, 2.24) is 0 Å². The fourth-order valence-corrected chi connectivity index (χ4v) is 4.59. The number of hydrogen-bond acceptors (Lipinski definition) is 2. The van der Waals surface area contributed by atoms with Gasteiger partial charge < -0.3 is 0 Å². The zero-order valence-electron chi connectivity index (χ0n) is 19.8. The largest absolute Gasteiger partial charge is 0.276 e. The number of benzene rings is 4. The lowest BCUT2D eigenvalue weighted by Gasteiger charge is -2.34. The minimum absolute atomic E-state index is 0.167. The highest BCUT2D eigenvalue weighted by atomic mass is 16.2. The van der Waals surface area contributed by atoms with Gasteiger partial charge in [-0.3, -0.25) is 19.4 Å². The summed E-state index contributed by atoms with van der Waals surface area (Å²) in [5.74, 6) is -0.334. The topological polar surface area (TPSA) is 40.6 Å². The van der Waals surface area contributed by atoms with Gasteiger partial charge in [-0.2, -0.15) is 0 Å². The van der Waals surface area contributed by atoms with E-state index in [0.717, 1.165) is 33.6 Å². The van der Waals surface area contributed by atoms with Crippen LogP contribution in [0.5, 0.6) is 0 Å². The van der Waals surface area contributed by atoms with E-state index in [1.54, 1.807) is 21.9 Å². The van der Waals surface area contributed by atoms with Crippen molar-refractivity contribution < 1.29 is 9.59 Å². The van der Waals surface area contributed by atoms with Crippen LogP contribution in [0.4, 0.5) is 22.7 Å². The Labute approximate surface area is 200 Å². The van der Waals surface area contributed by atoms with Crippen molar-refractivity contribution in [3.63, 3.8) is 0 Å². The number of anilines is 4. The molecule has 4 heteroatoms. The van der Waals surface area contributed by atoms with Crippen molar-refractivity contribution in [3.8, 4) is 0 Å². The average Bonchev–Trinajstić information content (AvgIpc) is 2.84. The van der Waals surface area contributed by atoms with Crippen LogP contribution >= 0.6 is 0 Å². The minimum Gasteiger partial charge on any atom is -0.276 e. The van der Waals surface area contributed by atoms with Crippen LogP contribution in [-0.4, -0.2) is 11.8 Å². The van der Waals surface area contributed by atoms with E-state index in [9.17, 15) is 9.59 Å². The third-order valence-corrected chi connectivity index (χ3v) is 6.79. The van der Waals surface area contributed by atoms with E-state index in [-0.39, 0.29) is 11.8 Å². The van der Waals surface area contributed by atoms with Gasteiger partial charge in [-0.05, 0) is 86.3 Å². The smallest absolute Gasteiger partial charge is 0.264 e. The summed E-state index contributed by atoms with van der Waals surface area (Å²) in [6.45, 7) is 8.08. The summed E-state index contributed by atoms with van der Waals surface area (Å²) in [5, 5.41) is 0. The van der Waals surface area contributed by atoms with Crippen LogP contribution < -0.4 is 9.80 Å². The Hall–Kier alpha value is -4.18. The predicted octanol–water partition coefficient (Wildman–Crippen LogP) is 7.19. The van der Waals surface area contributed by atoms with Crippen molar-refractivity contribution in [2.24, 2.45) is 0 Å². The first kappa shape index (κ1) is 21.7. The molecule has 168 valence electrons. The molecule has 0 saturated carbocycles. The summed E-state index contributed by atoms with van der Waals surface area (Å²) in [5.41, 5.74) is 7.85. The van der Waals surface area contributed by atoms with Gasteiger partial charge in [0, 0.05) is 0 Å². The van der Waals surface area contributed by atoms with Crippen molar-refractivity contribution >= 4 is 34.6 Å². The lowest BCUT2D eigenvalue weighted by Crippen LogP contribution is -2.37. The van der Waals surface area contributed by atoms with E-state index in [1.165, 1.54) is 0 Å². The molecule has 1 heterocycles. The van der Waals surface area contributed by atoms with E-state index in [2.05, 4.69) is 0 Å². The molecule has 1 aliphatic heterocycles. The summed E-state index contributed by atoms with van der Waals surface area (Å²) in [4.78, 5) is 31.9. The molecule has 4 nitrogen and oxygen atoms in total. The zero-order valence-corrected chi connectivity index (χ0v) is 19.8. The Morgan fingerprint density at radius 1 is 0.441 bits per heavy atom. The van der Waals surface area contributed by atoms with E-state index in [4.69, 9.17) is 0 Å². The van der Waals surface area contributed by atoms with Gasteiger partial charge >= 0.3 is 0 Å². The molecule has 0 radical (unpaired) electrons. The Morgan fingerprint density at radius 2 is 0.794 bits per heavy atom. The molecular formula is C30H26N2O2. The highest BCUT2D eigenvalue weighted by Crippen LogP contribution is 2.41. The van der Waals surface area contributed by atoms with E-state index in [1.807, 2.05) is 100 Å². The predicted molar refractivity (Wildman–Crippen MR) is 138 cm³/mol. The van der Waals surface area contributed by atoms with Gasteiger partial charge in [-0.15, -0.1) is 0 Å². The standard InChI is InChI=1S/C30H26N2O2/c1-19-11-9-17-25(21(19)3)31-27-15-7-5-13-23(27)30(34)32(26-18-10-12-20(2)22(26)4)28-16-8-6-14-24(28)29(31)33/h5-18H,1-4H3. The fraction of sp³-hybridized carbons (Fsp3) is 0.133. The number of fused-ring (bicyclic) bond motifs is 2. The minimum atomic E-state index is -0.167. The van der Waals surface area contributed by atoms with Crippen LogP contribution in [0.3, 0.4) is 0 Å². The van der Waals surface area contributed by atoms with Gasteiger partial charge in [-0.25, -0.2) is 0 Å². The van der Waals surface area contributed by atoms with Crippen LogP contribution in [0.25, 0.3) is 0 Å². The van der Waals surface area contributed by atoms with Gasteiger partial charge in [0.1, 0.15) is 0 Å². The Kier molecular flexibility index (Phi) is 5.29. The Morgan fingerprint density at radius 3 is 1.21 bits per heavy atom. The number of nitrogens with zero attached hydrogens (tertiary/aromatic N) is 2. The van der Waals surface area contributed by atoms with Crippen LogP contribution in [0.15, 0.2) is 84.9 Å². The van der Waals surface area contributed by atoms with Crippen LogP contribution in [0.1, 0.15) is 43.0 Å². The van der Waals surface area contributed by atoms with Gasteiger partial charge in [0.05, 0.1) is 33.9 Å². The molecule has 34 heavy (non-hydrogen) atoms. The first-order valence-corrected chi connectivity index (χ1v) is 11.4. The van der Waals surface area contributed by atoms with Crippen molar-refractivity contribution in [1.29, 1.82) is 0 Å². The van der Waals surface area contributed by atoms with E-state index >= 15 is 0 Å². The number of carbonyl (C=O) groups is 2. The second-order valence-electron chi connectivity index (χ2n) is 8.75. The van der Waals surface area contributed by atoms with Crippen molar-refractivity contribution in [3.05, 3.63) is 118 Å². The first-order valence-electron chi connectivity index (χ1n) is 11.4. The molecule has 5 rings (SSSR count). The molecule has 0 saturated heterocycles. The molecule has 1 aliphatic rings. The molecule has 4 aromatic carbocycles. The molecule has 0 spiro atoms. The number of carbonyl (C=O) groups excluding carboxylic acids is 2. The second kappa shape index (κ2) is 8.31. The number of para-hydroxylation sites is 2. The van der Waals surface area contributed by atoms with Gasteiger partial charge in [0.25, 0.3) is 11.8 Å². The lowest BCUT2D eigenvalue weighted by molar-refractivity contribution is 0.0988. The maximum absolute atomic E-state index is 14.2. The van der Waals surface area contributed by atoms with Crippen LogP contribution in [0, 0.1) is 27.7 Å². The molecule has 0 bridgehead atoms. The summed E-state index contributed by atoms with van der Waals surface area (Å²) in [7, 11) is 0. The van der Waals surface area contributed by atoms with Crippen molar-refractivity contribution in [2.75, 3.05) is 9.80 Å². The maximum Gasteiger partial charge on any atom is 0.264 e. The molecule has 0 aliphatic carbocycles. The quantitative estimate of drug-likeness (QED) is 0.327. The lowest BCUT2D eigenvalue weighted by atomic mass is 9.98. The molecule has 0 atom stereocenters. The normalized spacial score (nSPS) is 13.3. The highest BCUT2D eigenvalue weighted by molar-refractivity contribution is 6.24. The fourth-order valence-electron chi connectivity index (χ4n) is 4.59. The number of amides is 2. The molecule has 0 fully saturated rings. The molecule has 0 unspecified atom stereocenters. The number of aryl methyl sites for hydroxylation is 2. The summed E-state index contributed by atoms with van der Waals surface area (Å²) < 4.78 is 0. The maximum atomic E-state index is 14.2. The number of hydrogen-bond donors (Lipinski definition) is 0. The van der Waals surface area contributed by atoms with Gasteiger partial charge in [-0.1, -0.05) is 48.5 Å².